The summed E-state index contributed by atoms with van der Waals surface area (Å²) in [5.41, 5.74) is 2.37. The Morgan fingerprint density at radius 3 is 2.11 bits per heavy atom. The third kappa shape index (κ3) is 2.98. The molecule has 2 unspecified atom stereocenters. The molecular formula is C20H21N3O4S. The number of hydrogen-bond donors (Lipinski definition) is 1. The molecule has 0 aromatic heterocycles. The van der Waals surface area contributed by atoms with Crippen LogP contribution in [0, 0.1) is 13.8 Å². The van der Waals surface area contributed by atoms with E-state index in [-0.39, 0.29) is 11.4 Å². The van der Waals surface area contributed by atoms with Gasteiger partial charge in [-0.25, -0.2) is 18.1 Å². The smallest absolute Gasteiger partial charge is 0.329 e. The van der Waals surface area contributed by atoms with Crippen molar-refractivity contribution < 1.29 is 18.0 Å². The second-order valence-corrected chi connectivity index (χ2v) is 9.12. The van der Waals surface area contributed by atoms with Crippen LogP contribution in [-0.2, 0) is 14.8 Å². The van der Waals surface area contributed by atoms with E-state index < -0.39 is 34.0 Å². The molecule has 0 radical (unpaired) electrons. The topological polar surface area (TPSA) is 86.8 Å². The van der Waals surface area contributed by atoms with Crippen LogP contribution in [0.25, 0.3) is 0 Å². The number of imide groups is 1. The quantitative estimate of drug-likeness (QED) is 0.857. The zero-order valence-electron chi connectivity index (χ0n) is 15.6. The third-order valence-electron chi connectivity index (χ3n) is 5.26. The summed E-state index contributed by atoms with van der Waals surface area (Å²) < 4.78 is 27.5. The van der Waals surface area contributed by atoms with Crippen LogP contribution >= 0.6 is 0 Å². The van der Waals surface area contributed by atoms with Crippen LogP contribution in [0.3, 0.4) is 0 Å². The first-order chi connectivity index (χ1) is 13.3. The van der Waals surface area contributed by atoms with Crippen LogP contribution in [0.15, 0.2) is 53.4 Å². The Hall–Kier alpha value is -2.71. The molecule has 2 fully saturated rings. The maximum atomic E-state index is 13.2. The summed E-state index contributed by atoms with van der Waals surface area (Å²) in [5, 5.41) is 2.79. The molecule has 0 spiro atoms. The summed E-state index contributed by atoms with van der Waals surface area (Å²) in [6.45, 7) is 3.96. The van der Waals surface area contributed by atoms with Crippen molar-refractivity contribution in [2.45, 2.75) is 37.2 Å². The normalized spacial score (nSPS) is 22.9. The number of carbonyl (C=O) groups excluding carboxylic acids is 2. The van der Waals surface area contributed by atoms with Crippen molar-refractivity contribution in [3.63, 3.8) is 0 Å². The van der Waals surface area contributed by atoms with Crippen LogP contribution in [-0.4, -0.2) is 43.3 Å². The van der Waals surface area contributed by atoms with E-state index in [2.05, 4.69) is 5.32 Å². The number of aryl methyl sites for hydroxylation is 2. The highest BCUT2D eigenvalue weighted by Crippen LogP contribution is 2.32. The second-order valence-electron chi connectivity index (χ2n) is 7.23. The average molecular weight is 399 g/mol. The number of nitrogens with one attached hydrogen (secondary N) is 1. The SMILES string of the molecule is Cc1ccc(N2C(=O)NC3CCN(S(=O)(=O)c4ccc(C)cc4)C3C2=O)cc1. The zero-order valence-corrected chi connectivity index (χ0v) is 16.4. The minimum absolute atomic E-state index is 0.144. The number of carbonyl (C=O) groups is 2. The first kappa shape index (κ1) is 18.6. The van der Waals surface area contributed by atoms with Gasteiger partial charge in [-0.3, -0.25) is 4.79 Å². The van der Waals surface area contributed by atoms with Crippen molar-refractivity contribution in [1.29, 1.82) is 0 Å². The van der Waals surface area contributed by atoms with Crippen LogP contribution in [0.5, 0.6) is 0 Å². The lowest BCUT2D eigenvalue weighted by molar-refractivity contribution is -0.122. The van der Waals surface area contributed by atoms with Crippen molar-refractivity contribution in [1.82, 2.24) is 9.62 Å². The molecule has 2 aliphatic rings. The third-order valence-corrected chi connectivity index (χ3v) is 7.15. The number of fused-ring (bicyclic) bond motifs is 1. The Bertz CT molecular complexity index is 1030. The molecule has 28 heavy (non-hydrogen) atoms. The van der Waals surface area contributed by atoms with E-state index in [9.17, 15) is 18.0 Å². The van der Waals surface area contributed by atoms with Crippen LogP contribution in [0.1, 0.15) is 17.5 Å². The molecule has 2 heterocycles. The molecule has 3 amide bonds. The van der Waals surface area contributed by atoms with Crippen molar-refractivity contribution in [2.24, 2.45) is 0 Å². The molecule has 2 aromatic carbocycles. The molecule has 0 aliphatic carbocycles. The van der Waals surface area contributed by atoms with E-state index >= 15 is 0 Å². The number of hydrogen-bond acceptors (Lipinski definition) is 4. The molecule has 146 valence electrons. The predicted octanol–water partition coefficient (Wildman–Crippen LogP) is 2.19. The van der Waals surface area contributed by atoms with Gasteiger partial charge in [0.15, 0.2) is 0 Å². The summed E-state index contributed by atoms with van der Waals surface area (Å²) in [4.78, 5) is 26.9. The van der Waals surface area contributed by atoms with E-state index in [4.69, 9.17) is 0 Å². The number of anilines is 1. The largest absolute Gasteiger partial charge is 0.332 e. The molecule has 8 heteroatoms. The highest BCUT2D eigenvalue weighted by Gasteiger charge is 2.52. The van der Waals surface area contributed by atoms with Gasteiger partial charge in [-0.2, -0.15) is 4.31 Å². The summed E-state index contributed by atoms with van der Waals surface area (Å²) in [6.07, 6.45) is 0.398. The van der Waals surface area contributed by atoms with E-state index in [1.54, 1.807) is 48.5 Å². The number of benzene rings is 2. The Morgan fingerprint density at radius 2 is 1.50 bits per heavy atom. The molecule has 0 bridgehead atoms. The van der Waals surface area contributed by atoms with E-state index in [1.807, 2.05) is 13.8 Å². The zero-order chi connectivity index (χ0) is 20.1. The van der Waals surface area contributed by atoms with Crippen molar-refractivity contribution >= 4 is 27.6 Å². The second kappa shape index (κ2) is 6.72. The fourth-order valence-electron chi connectivity index (χ4n) is 3.72. The molecule has 0 saturated carbocycles. The fraction of sp³-hybridized carbons (Fsp3) is 0.300. The minimum atomic E-state index is -3.85. The monoisotopic (exact) mass is 399 g/mol. The van der Waals surface area contributed by atoms with Crippen molar-refractivity contribution in [3.05, 3.63) is 59.7 Å². The molecule has 2 saturated heterocycles. The lowest BCUT2D eigenvalue weighted by Crippen LogP contribution is -2.64. The Balaban J connectivity index is 1.70. The van der Waals surface area contributed by atoms with Crippen molar-refractivity contribution in [2.75, 3.05) is 11.4 Å². The Kier molecular flexibility index (Phi) is 4.47. The number of nitrogens with zero attached hydrogens (tertiary/aromatic N) is 2. The van der Waals surface area contributed by atoms with Gasteiger partial charge in [0.05, 0.1) is 16.6 Å². The van der Waals surface area contributed by atoms with Gasteiger partial charge in [-0.15, -0.1) is 0 Å². The van der Waals surface area contributed by atoms with E-state index in [0.717, 1.165) is 16.0 Å². The fourth-order valence-corrected chi connectivity index (χ4v) is 5.35. The predicted molar refractivity (Wildman–Crippen MR) is 104 cm³/mol. The highest BCUT2D eigenvalue weighted by atomic mass is 32.2. The lowest BCUT2D eigenvalue weighted by atomic mass is 10.1. The first-order valence-electron chi connectivity index (χ1n) is 9.09. The molecule has 2 aromatic rings. The van der Waals surface area contributed by atoms with Gasteiger partial charge in [-0.05, 0) is 44.5 Å². The number of rotatable bonds is 3. The van der Waals surface area contributed by atoms with Gasteiger partial charge < -0.3 is 5.32 Å². The van der Waals surface area contributed by atoms with Gasteiger partial charge in [0.2, 0.25) is 10.0 Å². The average Bonchev–Trinajstić information content (AvgIpc) is 3.08. The van der Waals surface area contributed by atoms with Crippen LogP contribution in [0.4, 0.5) is 10.5 Å². The van der Waals surface area contributed by atoms with E-state index in [1.165, 1.54) is 4.31 Å². The Morgan fingerprint density at radius 1 is 0.929 bits per heavy atom. The summed E-state index contributed by atoms with van der Waals surface area (Å²) in [7, 11) is -3.85. The first-order valence-corrected chi connectivity index (χ1v) is 10.5. The van der Waals surface area contributed by atoms with Crippen molar-refractivity contribution in [3.8, 4) is 0 Å². The minimum Gasteiger partial charge on any atom is -0.332 e. The lowest BCUT2D eigenvalue weighted by Gasteiger charge is -2.36. The van der Waals surface area contributed by atoms with Crippen LogP contribution in [0.2, 0.25) is 0 Å². The van der Waals surface area contributed by atoms with Gasteiger partial charge in [0, 0.05) is 6.54 Å². The van der Waals surface area contributed by atoms with Gasteiger partial charge in [0.1, 0.15) is 6.04 Å². The summed E-state index contributed by atoms with van der Waals surface area (Å²) >= 11 is 0. The standard InChI is InChI=1S/C20H21N3O4S/c1-13-3-7-15(8-4-13)23-19(24)18-17(21-20(23)25)11-12-22(18)28(26,27)16-9-5-14(2)6-10-16/h3-10,17-18H,11-12H2,1-2H3,(H,21,25). The molecule has 2 atom stereocenters. The van der Waals surface area contributed by atoms with E-state index in [0.29, 0.717) is 12.1 Å². The van der Waals surface area contributed by atoms with Crippen LogP contribution < -0.4 is 10.2 Å². The maximum absolute atomic E-state index is 13.2. The van der Waals surface area contributed by atoms with Gasteiger partial charge >= 0.3 is 6.03 Å². The molecule has 7 nitrogen and oxygen atoms in total. The maximum Gasteiger partial charge on any atom is 0.329 e. The summed E-state index contributed by atoms with van der Waals surface area (Å²) in [6, 6.07) is 11.5. The van der Waals surface area contributed by atoms with Gasteiger partial charge in [-0.1, -0.05) is 35.4 Å². The number of sulfonamides is 1. The molecular weight excluding hydrogens is 378 g/mol. The number of amides is 3. The van der Waals surface area contributed by atoms with Gasteiger partial charge in [0.25, 0.3) is 5.91 Å². The summed E-state index contributed by atoms with van der Waals surface area (Å²) in [5.74, 6) is -0.522. The Labute approximate surface area is 164 Å². The number of urea groups is 1. The molecule has 2 aliphatic heterocycles. The molecule has 4 rings (SSSR count). The molecule has 1 N–H and O–H groups in total. The highest BCUT2D eigenvalue weighted by molar-refractivity contribution is 7.89.